The highest BCUT2D eigenvalue weighted by Gasteiger charge is 2.31. The lowest BCUT2D eigenvalue weighted by Crippen LogP contribution is -2.37. The molecular weight excluding hydrogens is 323 g/mol. The van der Waals surface area contributed by atoms with Gasteiger partial charge in [-0.2, -0.15) is 13.2 Å². The molecule has 8 heteroatoms. The van der Waals surface area contributed by atoms with Crippen LogP contribution >= 0.6 is 0 Å². The first kappa shape index (κ1) is 16.2. The fourth-order valence-electron chi connectivity index (χ4n) is 2.40. The number of hydrogen-bond acceptors (Lipinski definition) is 4. The Balaban J connectivity index is 1.56. The Kier molecular flexibility index (Phi) is 4.37. The molecule has 0 saturated heterocycles. The third-order valence-electron chi connectivity index (χ3n) is 3.70. The molecule has 1 unspecified atom stereocenters. The van der Waals surface area contributed by atoms with Crippen molar-refractivity contribution in [1.82, 2.24) is 15.3 Å². The van der Waals surface area contributed by atoms with Crippen molar-refractivity contribution in [3.05, 3.63) is 53.6 Å². The van der Waals surface area contributed by atoms with Gasteiger partial charge in [-0.25, -0.2) is 9.97 Å². The van der Waals surface area contributed by atoms with Gasteiger partial charge in [-0.1, -0.05) is 18.2 Å². The number of alkyl halides is 3. The standard InChI is InChI=1S/C16H14F3N3O2/c17-16(18,19)12-6-20-14(21-7-12)8-22-15(23)11-5-10-3-1-2-4-13(10)24-9-11/h1-4,6-7,11H,5,8-9H2,(H,22,23). The minimum Gasteiger partial charge on any atom is -0.492 e. The van der Waals surface area contributed by atoms with Gasteiger partial charge in [-0.15, -0.1) is 0 Å². The van der Waals surface area contributed by atoms with Gasteiger partial charge >= 0.3 is 6.18 Å². The fraction of sp³-hybridized carbons (Fsp3) is 0.312. The van der Waals surface area contributed by atoms with Crippen LogP contribution in [-0.4, -0.2) is 22.5 Å². The van der Waals surface area contributed by atoms with Crippen LogP contribution in [0.25, 0.3) is 0 Å². The van der Waals surface area contributed by atoms with E-state index in [9.17, 15) is 18.0 Å². The zero-order valence-electron chi connectivity index (χ0n) is 12.5. The highest BCUT2D eigenvalue weighted by atomic mass is 19.4. The molecule has 1 atom stereocenters. The molecule has 126 valence electrons. The van der Waals surface area contributed by atoms with E-state index in [0.717, 1.165) is 11.3 Å². The lowest BCUT2D eigenvalue weighted by atomic mass is 9.96. The first-order valence-electron chi connectivity index (χ1n) is 7.30. The van der Waals surface area contributed by atoms with Crippen molar-refractivity contribution in [2.24, 2.45) is 5.92 Å². The van der Waals surface area contributed by atoms with E-state index in [4.69, 9.17) is 4.74 Å². The second-order valence-electron chi connectivity index (χ2n) is 5.42. The van der Waals surface area contributed by atoms with E-state index in [-0.39, 0.29) is 30.8 Å². The van der Waals surface area contributed by atoms with E-state index < -0.39 is 11.7 Å². The van der Waals surface area contributed by atoms with Crippen molar-refractivity contribution in [1.29, 1.82) is 0 Å². The van der Waals surface area contributed by atoms with E-state index in [1.807, 2.05) is 24.3 Å². The molecule has 1 aliphatic rings. The average molecular weight is 337 g/mol. The Bertz CT molecular complexity index is 732. The maximum atomic E-state index is 12.4. The summed E-state index contributed by atoms with van der Waals surface area (Å²) in [5.41, 5.74) is 0.0320. The zero-order valence-corrected chi connectivity index (χ0v) is 12.5. The molecule has 1 aromatic heterocycles. The molecule has 5 nitrogen and oxygen atoms in total. The highest BCUT2D eigenvalue weighted by molar-refractivity contribution is 5.79. The van der Waals surface area contributed by atoms with Crippen molar-refractivity contribution >= 4 is 5.91 Å². The quantitative estimate of drug-likeness (QED) is 0.934. The molecule has 0 fully saturated rings. The van der Waals surface area contributed by atoms with E-state index in [2.05, 4.69) is 15.3 Å². The van der Waals surface area contributed by atoms with Crippen LogP contribution in [0.1, 0.15) is 17.0 Å². The molecule has 1 N–H and O–H groups in total. The Labute approximate surface area is 135 Å². The van der Waals surface area contributed by atoms with Gasteiger partial charge in [0.2, 0.25) is 5.91 Å². The fourth-order valence-corrected chi connectivity index (χ4v) is 2.40. The van der Waals surface area contributed by atoms with Crippen LogP contribution in [0.15, 0.2) is 36.7 Å². The predicted octanol–water partition coefficient (Wildman–Crippen LogP) is 2.36. The van der Waals surface area contributed by atoms with Crippen LogP contribution in [0.2, 0.25) is 0 Å². The van der Waals surface area contributed by atoms with Crippen molar-refractivity contribution < 1.29 is 22.7 Å². The van der Waals surface area contributed by atoms with Gasteiger partial charge in [0, 0.05) is 12.4 Å². The second kappa shape index (κ2) is 6.46. The summed E-state index contributed by atoms with van der Waals surface area (Å²) in [5, 5.41) is 2.63. The minimum absolute atomic E-state index is 0.0326. The summed E-state index contributed by atoms with van der Waals surface area (Å²) in [4.78, 5) is 19.4. The number of nitrogens with one attached hydrogen (secondary N) is 1. The molecule has 1 aromatic carbocycles. The number of ether oxygens (including phenoxy) is 1. The number of aromatic nitrogens is 2. The molecule has 0 spiro atoms. The Morgan fingerprint density at radius 1 is 1.25 bits per heavy atom. The maximum absolute atomic E-state index is 12.4. The topological polar surface area (TPSA) is 64.1 Å². The lowest BCUT2D eigenvalue weighted by molar-refractivity contribution is -0.138. The van der Waals surface area contributed by atoms with Crippen molar-refractivity contribution in [3.8, 4) is 5.75 Å². The summed E-state index contributed by atoms with van der Waals surface area (Å²) in [6.07, 6.45) is -2.52. The molecule has 2 heterocycles. The number of para-hydroxylation sites is 1. The first-order chi connectivity index (χ1) is 11.4. The van der Waals surface area contributed by atoms with Crippen molar-refractivity contribution in [2.75, 3.05) is 6.61 Å². The van der Waals surface area contributed by atoms with Gasteiger partial charge in [0.15, 0.2) is 0 Å². The third-order valence-corrected chi connectivity index (χ3v) is 3.70. The first-order valence-corrected chi connectivity index (χ1v) is 7.30. The number of hydrogen-bond donors (Lipinski definition) is 1. The minimum atomic E-state index is -4.48. The number of nitrogens with zero attached hydrogens (tertiary/aromatic N) is 2. The van der Waals surface area contributed by atoms with E-state index in [1.54, 1.807) is 0 Å². The van der Waals surface area contributed by atoms with Crippen LogP contribution in [0.3, 0.4) is 0 Å². The molecule has 0 radical (unpaired) electrons. The Morgan fingerprint density at radius 3 is 2.67 bits per heavy atom. The molecule has 3 rings (SSSR count). The maximum Gasteiger partial charge on any atom is 0.419 e. The highest BCUT2D eigenvalue weighted by Crippen LogP contribution is 2.28. The number of rotatable bonds is 3. The van der Waals surface area contributed by atoms with Gasteiger partial charge in [-0.3, -0.25) is 4.79 Å². The average Bonchev–Trinajstić information content (AvgIpc) is 2.59. The van der Waals surface area contributed by atoms with Gasteiger partial charge < -0.3 is 10.1 Å². The van der Waals surface area contributed by atoms with Crippen LogP contribution < -0.4 is 10.1 Å². The lowest BCUT2D eigenvalue weighted by Gasteiger charge is -2.24. The summed E-state index contributed by atoms with van der Waals surface area (Å²) >= 11 is 0. The summed E-state index contributed by atoms with van der Waals surface area (Å²) in [6.45, 7) is 0.228. The van der Waals surface area contributed by atoms with Gasteiger partial charge in [0.05, 0.1) is 18.0 Å². The SMILES string of the molecule is O=C(NCc1ncc(C(F)(F)F)cn1)C1COc2ccccc2C1. The Hall–Kier alpha value is -2.64. The molecule has 2 aromatic rings. The Morgan fingerprint density at radius 2 is 1.96 bits per heavy atom. The second-order valence-corrected chi connectivity index (χ2v) is 5.42. The monoisotopic (exact) mass is 337 g/mol. The third kappa shape index (κ3) is 3.64. The smallest absolute Gasteiger partial charge is 0.419 e. The van der Waals surface area contributed by atoms with Crippen LogP contribution in [0.4, 0.5) is 13.2 Å². The number of halogens is 3. The molecule has 0 bridgehead atoms. The summed E-state index contributed by atoms with van der Waals surface area (Å²) in [7, 11) is 0. The number of benzene rings is 1. The van der Waals surface area contributed by atoms with Gasteiger partial charge in [0.25, 0.3) is 0 Å². The number of amides is 1. The van der Waals surface area contributed by atoms with Gasteiger partial charge in [-0.05, 0) is 18.1 Å². The normalized spacial score (nSPS) is 16.9. The number of carbonyl (C=O) groups is 1. The van der Waals surface area contributed by atoms with Crippen LogP contribution in [0.5, 0.6) is 5.75 Å². The number of carbonyl (C=O) groups excluding carboxylic acids is 1. The largest absolute Gasteiger partial charge is 0.492 e. The molecule has 24 heavy (non-hydrogen) atoms. The molecule has 1 aliphatic heterocycles. The summed E-state index contributed by atoms with van der Waals surface area (Å²) in [6, 6.07) is 7.48. The van der Waals surface area contributed by atoms with E-state index in [1.165, 1.54) is 0 Å². The molecule has 0 aliphatic carbocycles. The molecule has 0 saturated carbocycles. The zero-order chi connectivity index (χ0) is 17.2. The van der Waals surface area contributed by atoms with E-state index >= 15 is 0 Å². The van der Waals surface area contributed by atoms with Crippen molar-refractivity contribution in [3.63, 3.8) is 0 Å². The molecule has 1 amide bonds. The summed E-state index contributed by atoms with van der Waals surface area (Å²) < 4.78 is 42.8. The van der Waals surface area contributed by atoms with E-state index in [0.29, 0.717) is 18.8 Å². The summed E-state index contributed by atoms with van der Waals surface area (Å²) in [5.74, 6) is 0.295. The van der Waals surface area contributed by atoms with Crippen molar-refractivity contribution in [2.45, 2.75) is 19.1 Å². The van der Waals surface area contributed by atoms with Crippen LogP contribution in [0, 0.1) is 5.92 Å². The predicted molar refractivity (Wildman–Crippen MR) is 78.0 cm³/mol. The van der Waals surface area contributed by atoms with Crippen LogP contribution in [-0.2, 0) is 23.9 Å². The number of fused-ring (bicyclic) bond motifs is 1. The van der Waals surface area contributed by atoms with Gasteiger partial charge in [0.1, 0.15) is 18.2 Å². The molecular formula is C16H14F3N3O2.